The lowest BCUT2D eigenvalue weighted by atomic mass is 10.1. The Balaban J connectivity index is 1.49. The Morgan fingerprint density at radius 1 is 1.25 bits per heavy atom. The first-order valence-electron chi connectivity index (χ1n) is 7.96. The average Bonchev–Trinajstić information content (AvgIpc) is 3.26. The van der Waals surface area contributed by atoms with Crippen LogP contribution in [0.3, 0.4) is 0 Å². The second-order valence-corrected chi connectivity index (χ2v) is 6.24. The number of nitrogens with zero attached hydrogens (tertiary/aromatic N) is 4. The molecule has 122 valence electrons. The van der Waals surface area contributed by atoms with E-state index < -0.39 is 5.54 Å². The van der Waals surface area contributed by atoms with Gasteiger partial charge in [0.15, 0.2) is 0 Å². The number of aromatic nitrogens is 3. The van der Waals surface area contributed by atoms with Crippen molar-refractivity contribution in [3.05, 3.63) is 54.4 Å². The molecule has 0 bridgehead atoms. The third-order valence-corrected chi connectivity index (χ3v) is 4.88. The van der Waals surface area contributed by atoms with E-state index in [0.717, 1.165) is 18.4 Å². The van der Waals surface area contributed by atoms with Gasteiger partial charge in [0, 0.05) is 37.9 Å². The largest absolute Gasteiger partial charge is 0.350 e. The molecule has 2 unspecified atom stereocenters. The Morgan fingerprint density at radius 3 is 2.79 bits per heavy atom. The van der Waals surface area contributed by atoms with E-state index in [1.54, 1.807) is 17.3 Å². The highest BCUT2D eigenvalue weighted by molar-refractivity contribution is 6.01. The van der Waals surface area contributed by atoms with Crippen LogP contribution in [0.15, 0.2) is 43.2 Å². The van der Waals surface area contributed by atoms with Gasteiger partial charge in [-0.05, 0) is 30.4 Å². The van der Waals surface area contributed by atoms with Gasteiger partial charge in [0.05, 0.1) is 5.56 Å². The molecule has 0 radical (unpaired) electrons. The van der Waals surface area contributed by atoms with Gasteiger partial charge in [0.1, 0.15) is 11.9 Å². The zero-order valence-corrected chi connectivity index (χ0v) is 13.1. The fourth-order valence-electron chi connectivity index (χ4n) is 3.56. The number of carbonyl (C=O) groups is 2. The number of rotatable bonds is 4. The minimum atomic E-state index is -0.699. The minimum absolute atomic E-state index is 0.0842. The monoisotopic (exact) mass is 323 g/mol. The summed E-state index contributed by atoms with van der Waals surface area (Å²) in [5.74, 6) is -0.00819. The van der Waals surface area contributed by atoms with Gasteiger partial charge in [-0.2, -0.15) is 0 Å². The third-order valence-electron chi connectivity index (χ3n) is 4.88. The van der Waals surface area contributed by atoms with Crippen molar-refractivity contribution in [2.24, 2.45) is 5.92 Å². The number of pyridine rings is 1. The van der Waals surface area contributed by atoms with Crippen molar-refractivity contribution in [1.29, 1.82) is 0 Å². The molecule has 2 fully saturated rings. The Labute approximate surface area is 139 Å². The standard InChI is InChI=1S/C17H17N5O2/c23-15(13-9-19-11-20-10-13)22-5-3-14-6-17(14,22)16(24)21-8-12-2-1-4-18-7-12/h1-2,4,7,9-11,14H,3,5-6,8H2,(H,21,24). The highest BCUT2D eigenvalue weighted by Crippen LogP contribution is 2.56. The fraction of sp³-hybridized carbons (Fsp3) is 0.353. The van der Waals surface area contributed by atoms with Crippen LogP contribution in [0, 0.1) is 5.92 Å². The van der Waals surface area contributed by atoms with Crippen molar-refractivity contribution in [2.75, 3.05) is 6.54 Å². The van der Waals surface area contributed by atoms with Gasteiger partial charge in [0.2, 0.25) is 5.91 Å². The molecule has 2 amide bonds. The van der Waals surface area contributed by atoms with Crippen molar-refractivity contribution in [3.8, 4) is 0 Å². The molecule has 1 aliphatic heterocycles. The summed E-state index contributed by atoms with van der Waals surface area (Å²) in [6, 6.07) is 3.74. The second kappa shape index (κ2) is 5.67. The molecule has 3 heterocycles. The molecule has 7 nitrogen and oxygen atoms in total. The van der Waals surface area contributed by atoms with Gasteiger partial charge in [-0.15, -0.1) is 0 Å². The predicted octanol–water partition coefficient (Wildman–Crippen LogP) is 0.793. The maximum absolute atomic E-state index is 12.8. The van der Waals surface area contributed by atoms with Gasteiger partial charge in [-0.25, -0.2) is 9.97 Å². The third kappa shape index (κ3) is 2.33. The fourth-order valence-corrected chi connectivity index (χ4v) is 3.56. The summed E-state index contributed by atoms with van der Waals surface area (Å²) in [5.41, 5.74) is 0.658. The lowest BCUT2D eigenvalue weighted by molar-refractivity contribution is -0.126. The molecular formula is C17H17N5O2. The molecule has 1 saturated carbocycles. The maximum atomic E-state index is 12.8. The molecule has 2 aromatic heterocycles. The molecule has 4 rings (SSSR count). The van der Waals surface area contributed by atoms with Crippen LogP contribution in [0.5, 0.6) is 0 Å². The maximum Gasteiger partial charge on any atom is 0.257 e. The van der Waals surface area contributed by atoms with E-state index in [-0.39, 0.29) is 17.7 Å². The number of amides is 2. The van der Waals surface area contributed by atoms with Crippen LogP contribution in [-0.4, -0.2) is 43.7 Å². The van der Waals surface area contributed by atoms with Gasteiger partial charge in [-0.3, -0.25) is 14.6 Å². The van der Waals surface area contributed by atoms with Gasteiger partial charge in [0.25, 0.3) is 5.91 Å². The minimum Gasteiger partial charge on any atom is -0.350 e. The average molecular weight is 323 g/mol. The van der Waals surface area contributed by atoms with E-state index in [1.807, 2.05) is 12.1 Å². The van der Waals surface area contributed by atoms with E-state index in [1.165, 1.54) is 18.7 Å². The van der Waals surface area contributed by atoms with Gasteiger partial charge < -0.3 is 10.2 Å². The van der Waals surface area contributed by atoms with Crippen LogP contribution < -0.4 is 5.32 Å². The van der Waals surface area contributed by atoms with E-state index >= 15 is 0 Å². The summed E-state index contributed by atoms with van der Waals surface area (Å²) in [6.45, 7) is 1.01. The summed E-state index contributed by atoms with van der Waals surface area (Å²) in [7, 11) is 0. The molecule has 2 aliphatic rings. The molecule has 7 heteroatoms. The first kappa shape index (κ1) is 14.7. The van der Waals surface area contributed by atoms with Crippen LogP contribution in [0.2, 0.25) is 0 Å². The molecule has 2 atom stereocenters. The number of carbonyl (C=O) groups excluding carboxylic acids is 2. The summed E-state index contributed by atoms with van der Waals surface area (Å²) >= 11 is 0. The highest BCUT2D eigenvalue weighted by Gasteiger charge is 2.68. The smallest absolute Gasteiger partial charge is 0.257 e. The quantitative estimate of drug-likeness (QED) is 0.899. The molecule has 0 aromatic carbocycles. The molecule has 24 heavy (non-hydrogen) atoms. The van der Waals surface area contributed by atoms with Crippen molar-refractivity contribution in [3.63, 3.8) is 0 Å². The number of nitrogens with one attached hydrogen (secondary N) is 1. The molecule has 1 aliphatic carbocycles. The van der Waals surface area contributed by atoms with Crippen LogP contribution in [0.25, 0.3) is 0 Å². The summed E-state index contributed by atoms with van der Waals surface area (Å²) in [4.78, 5) is 39.0. The lowest BCUT2D eigenvalue weighted by Crippen LogP contribution is -2.50. The molecule has 0 spiro atoms. The SMILES string of the molecule is O=C(c1cncnc1)N1CCC2CC21C(=O)NCc1cccnc1. The Bertz CT molecular complexity index is 767. The highest BCUT2D eigenvalue weighted by atomic mass is 16.2. The van der Waals surface area contributed by atoms with E-state index in [9.17, 15) is 9.59 Å². The summed E-state index contributed by atoms with van der Waals surface area (Å²) in [6.07, 6.45) is 9.38. The summed E-state index contributed by atoms with van der Waals surface area (Å²) < 4.78 is 0. The normalized spacial score (nSPS) is 24.3. The Morgan fingerprint density at radius 2 is 2.08 bits per heavy atom. The number of likely N-dealkylation sites (tertiary alicyclic amines) is 1. The molecular weight excluding hydrogens is 306 g/mol. The Hall–Kier alpha value is -2.83. The first-order valence-corrected chi connectivity index (χ1v) is 7.96. The van der Waals surface area contributed by atoms with E-state index in [0.29, 0.717) is 18.7 Å². The molecule has 2 aromatic rings. The molecule has 1 N–H and O–H groups in total. The zero-order chi connectivity index (χ0) is 16.6. The Kier molecular flexibility index (Phi) is 3.48. The van der Waals surface area contributed by atoms with Crippen LogP contribution >= 0.6 is 0 Å². The van der Waals surface area contributed by atoms with Crippen molar-refractivity contribution in [2.45, 2.75) is 24.9 Å². The van der Waals surface area contributed by atoms with Crippen molar-refractivity contribution in [1.82, 2.24) is 25.2 Å². The predicted molar refractivity (Wildman–Crippen MR) is 84.6 cm³/mol. The van der Waals surface area contributed by atoms with Gasteiger partial charge >= 0.3 is 0 Å². The van der Waals surface area contributed by atoms with Crippen LogP contribution in [0.4, 0.5) is 0 Å². The number of hydrogen-bond acceptors (Lipinski definition) is 5. The summed E-state index contributed by atoms with van der Waals surface area (Å²) in [5, 5.41) is 2.96. The van der Waals surface area contributed by atoms with Crippen LogP contribution in [0.1, 0.15) is 28.8 Å². The number of piperidine rings is 1. The molecule has 1 saturated heterocycles. The second-order valence-electron chi connectivity index (χ2n) is 6.24. The van der Waals surface area contributed by atoms with Crippen LogP contribution in [-0.2, 0) is 11.3 Å². The van der Waals surface area contributed by atoms with Crippen molar-refractivity contribution >= 4 is 11.8 Å². The topological polar surface area (TPSA) is 88.1 Å². The number of hydrogen-bond donors (Lipinski definition) is 1. The lowest BCUT2D eigenvalue weighted by Gasteiger charge is -2.27. The first-order chi connectivity index (χ1) is 11.7. The van der Waals surface area contributed by atoms with E-state index in [2.05, 4.69) is 20.3 Å². The zero-order valence-electron chi connectivity index (χ0n) is 13.1. The van der Waals surface area contributed by atoms with E-state index in [4.69, 9.17) is 0 Å². The number of fused-ring (bicyclic) bond motifs is 1. The van der Waals surface area contributed by atoms with Crippen molar-refractivity contribution < 1.29 is 9.59 Å². The van der Waals surface area contributed by atoms with Gasteiger partial charge in [-0.1, -0.05) is 6.07 Å².